The number of hydrogen-bond acceptors (Lipinski definition) is 7. The zero-order valence-electron chi connectivity index (χ0n) is 19.7. The maximum absolute atomic E-state index is 12.9. The third-order valence-corrected chi connectivity index (χ3v) is 6.49. The van der Waals surface area contributed by atoms with E-state index in [0.29, 0.717) is 23.4 Å². The van der Waals surface area contributed by atoms with Gasteiger partial charge in [-0.15, -0.1) is 0 Å². The van der Waals surface area contributed by atoms with Crippen LogP contribution in [0.15, 0.2) is 54.6 Å². The number of amides is 1. The molecule has 176 valence electrons. The minimum atomic E-state index is 0.101. The lowest BCUT2D eigenvalue weighted by Crippen LogP contribution is -2.47. The molecule has 1 saturated heterocycles. The zero-order chi connectivity index (χ0) is 24.4. The molecule has 3 aromatic carbocycles. The SMILES string of the molecule is CN1CCN(C(=O)c2ccc3cc(CCNc4nc(N)nc5ccc(C#N)cc45)ccc3c2)CC1. The highest BCUT2D eigenvalue weighted by molar-refractivity contribution is 5.98. The van der Waals surface area contributed by atoms with Crippen LogP contribution < -0.4 is 11.1 Å². The summed E-state index contributed by atoms with van der Waals surface area (Å²) in [4.78, 5) is 25.7. The van der Waals surface area contributed by atoms with E-state index < -0.39 is 0 Å². The van der Waals surface area contributed by atoms with E-state index in [1.54, 1.807) is 18.2 Å². The number of likely N-dealkylation sites (N-methyl/N-ethyl adjacent to an activating group) is 1. The number of nitrogens with two attached hydrogens (primary N) is 1. The lowest BCUT2D eigenvalue weighted by Gasteiger charge is -2.32. The van der Waals surface area contributed by atoms with Gasteiger partial charge in [0.2, 0.25) is 5.95 Å². The molecule has 0 saturated carbocycles. The number of fused-ring (bicyclic) bond motifs is 2. The number of nitrogens with zero attached hydrogens (tertiary/aromatic N) is 5. The molecule has 8 nitrogen and oxygen atoms in total. The number of piperazine rings is 1. The Hall–Kier alpha value is -4.22. The molecule has 0 aliphatic carbocycles. The monoisotopic (exact) mass is 465 g/mol. The summed E-state index contributed by atoms with van der Waals surface area (Å²) in [5.41, 5.74) is 9.03. The van der Waals surface area contributed by atoms with Crippen LogP contribution in [-0.4, -0.2) is 65.4 Å². The second-order valence-electron chi connectivity index (χ2n) is 8.94. The number of nitrogens with one attached hydrogen (secondary N) is 1. The Labute approximate surface area is 204 Å². The number of nitrogen functional groups attached to an aromatic ring is 1. The van der Waals surface area contributed by atoms with Crippen molar-refractivity contribution in [3.8, 4) is 6.07 Å². The molecule has 0 unspecified atom stereocenters. The molecule has 0 bridgehead atoms. The Kier molecular flexibility index (Phi) is 6.17. The van der Waals surface area contributed by atoms with Gasteiger partial charge in [-0.2, -0.15) is 10.2 Å². The van der Waals surface area contributed by atoms with Crippen molar-refractivity contribution in [3.05, 3.63) is 71.3 Å². The van der Waals surface area contributed by atoms with Crippen molar-refractivity contribution in [3.63, 3.8) is 0 Å². The van der Waals surface area contributed by atoms with Crippen LogP contribution in [0.3, 0.4) is 0 Å². The minimum absolute atomic E-state index is 0.101. The van der Waals surface area contributed by atoms with Gasteiger partial charge in [-0.25, -0.2) is 4.98 Å². The third-order valence-electron chi connectivity index (χ3n) is 6.49. The van der Waals surface area contributed by atoms with Gasteiger partial charge in [0.25, 0.3) is 5.91 Å². The molecule has 4 aromatic rings. The van der Waals surface area contributed by atoms with E-state index in [2.05, 4.69) is 51.5 Å². The molecule has 8 heteroatoms. The lowest BCUT2D eigenvalue weighted by molar-refractivity contribution is 0.0664. The van der Waals surface area contributed by atoms with Gasteiger partial charge in [0.15, 0.2) is 0 Å². The number of anilines is 2. The molecule has 1 fully saturated rings. The summed E-state index contributed by atoms with van der Waals surface area (Å²) < 4.78 is 0. The van der Waals surface area contributed by atoms with Crippen molar-refractivity contribution in [2.45, 2.75) is 6.42 Å². The Balaban J connectivity index is 1.28. The van der Waals surface area contributed by atoms with Gasteiger partial charge in [-0.3, -0.25) is 4.79 Å². The fourth-order valence-corrected chi connectivity index (χ4v) is 4.45. The molecule has 0 atom stereocenters. The molecule has 1 aliphatic rings. The van der Waals surface area contributed by atoms with E-state index in [9.17, 15) is 10.1 Å². The van der Waals surface area contributed by atoms with Gasteiger partial charge < -0.3 is 20.9 Å². The smallest absolute Gasteiger partial charge is 0.253 e. The number of benzene rings is 3. The highest BCUT2D eigenvalue weighted by Gasteiger charge is 2.20. The second-order valence-corrected chi connectivity index (χ2v) is 8.94. The molecular formula is C27H27N7O. The molecule has 0 spiro atoms. The molecule has 5 rings (SSSR count). The van der Waals surface area contributed by atoms with Crippen LogP contribution in [0.25, 0.3) is 21.7 Å². The van der Waals surface area contributed by atoms with Crippen LogP contribution in [0, 0.1) is 11.3 Å². The number of aromatic nitrogens is 2. The molecule has 1 amide bonds. The highest BCUT2D eigenvalue weighted by Crippen LogP contribution is 2.23. The van der Waals surface area contributed by atoms with E-state index >= 15 is 0 Å². The minimum Gasteiger partial charge on any atom is -0.369 e. The fraction of sp³-hybridized carbons (Fsp3) is 0.259. The van der Waals surface area contributed by atoms with Gasteiger partial charge >= 0.3 is 0 Å². The summed E-state index contributed by atoms with van der Waals surface area (Å²) in [5, 5.41) is 15.5. The first-order chi connectivity index (χ1) is 17.0. The first-order valence-electron chi connectivity index (χ1n) is 11.7. The van der Waals surface area contributed by atoms with Crippen LogP contribution in [0.4, 0.5) is 11.8 Å². The van der Waals surface area contributed by atoms with E-state index in [1.165, 1.54) is 5.56 Å². The Bertz CT molecular complexity index is 1450. The summed E-state index contributed by atoms with van der Waals surface area (Å²) in [5.74, 6) is 0.916. The summed E-state index contributed by atoms with van der Waals surface area (Å²) in [6.07, 6.45) is 0.779. The maximum atomic E-state index is 12.9. The predicted octanol–water partition coefficient (Wildman–Crippen LogP) is 3.28. The normalized spacial score (nSPS) is 14.2. The fourth-order valence-electron chi connectivity index (χ4n) is 4.45. The quantitative estimate of drug-likeness (QED) is 0.465. The summed E-state index contributed by atoms with van der Waals surface area (Å²) in [6.45, 7) is 4.00. The number of nitriles is 1. The molecule has 35 heavy (non-hydrogen) atoms. The summed E-state index contributed by atoms with van der Waals surface area (Å²) in [7, 11) is 2.08. The molecule has 0 radical (unpaired) electrons. The number of carbonyl (C=O) groups is 1. The average molecular weight is 466 g/mol. The summed E-state index contributed by atoms with van der Waals surface area (Å²) >= 11 is 0. The van der Waals surface area contributed by atoms with E-state index in [4.69, 9.17) is 5.73 Å². The third kappa shape index (κ3) is 4.86. The zero-order valence-corrected chi connectivity index (χ0v) is 19.7. The number of rotatable bonds is 5. The van der Waals surface area contributed by atoms with Crippen molar-refractivity contribution < 1.29 is 4.79 Å². The summed E-state index contributed by atoms with van der Waals surface area (Å²) in [6, 6.07) is 19.7. The Morgan fingerprint density at radius 1 is 1.03 bits per heavy atom. The first kappa shape index (κ1) is 22.6. The van der Waals surface area contributed by atoms with E-state index in [1.807, 2.05) is 23.1 Å². The van der Waals surface area contributed by atoms with Crippen molar-refractivity contribution in [2.75, 3.05) is 50.8 Å². The molecule has 3 N–H and O–H groups in total. The van der Waals surface area contributed by atoms with Crippen molar-refractivity contribution in [1.29, 1.82) is 5.26 Å². The van der Waals surface area contributed by atoms with Crippen LogP contribution in [-0.2, 0) is 6.42 Å². The Morgan fingerprint density at radius 2 is 1.80 bits per heavy atom. The van der Waals surface area contributed by atoms with Crippen molar-refractivity contribution in [1.82, 2.24) is 19.8 Å². The number of carbonyl (C=O) groups excluding carboxylic acids is 1. The average Bonchev–Trinajstić information content (AvgIpc) is 2.88. The van der Waals surface area contributed by atoms with Crippen LogP contribution in [0.5, 0.6) is 0 Å². The second kappa shape index (κ2) is 9.57. The standard InChI is InChI=1S/C27H27N7O/c1-33-10-12-34(13-11-33)26(35)22-6-5-20-14-18(2-4-21(20)16-22)8-9-30-25-23-15-19(17-28)3-7-24(23)31-27(29)32-25/h2-7,14-16H,8-13H2,1H3,(H3,29,30,31,32). The van der Waals surface area contributed by atoms with Crippen LogP contribution >= 0.6 is 0 Å². The lowest BCUT2D eigenvalue weighted by atomic mass is 10.0. The van der Waals surface area contributed by atoms with Gasteiger partial charge in [0.1, 0.15) is 5.82 Å². The van der Waals surface area contributed by atoms with E-state index in [-0.39, 0.29) is 11.9 Å². The van der Waals surface area contributed by atoms with Gasteiger partial charge in [0, 0.05) is 43.7 Å². The molecule has 1 aromatic heterocycles. The Morgan fingerprint density at radius 3 is 2.60 bits per heavy atom. The van der Waals surface area contributed by atoms with E-state index in [0.717, 1.165) is 54.3 Å². The maximum Gasteiger partial charge on any atom is 0.253 e. The van der Waals surface area contributed by atoms with Crippen molar-refractivity contribution in [2.24, 2.45) is 0 Å². The van der Waals surface area contributed by atoms with Gasteiger partial charge in [0.05, 0.1) is 17.1 Å². The predicted molar refractivity (Wildman–Crippen MR) is 138 cm³/mol. The first-order valence-corrected chi connectivity index (χ1v) is 11.7. The molecule has 2 heterocycles. The molecule has 1 aliphatic heterocycles. The topological polar surface area (TPSA) is 111 Å². The van der Waals surface area contributed by atoms with Crippen molar-refractivity contribution >= 4 is 39.3 Å². The molecular weight excluding hydrogens is 438 g/mol. The van der Waals surface area contributed by atoms with Gasteiger partial charge in [-0.05, 0) is 60.1 Å². The van der Waals surface area contributed by atoms with Crippen LogP contribution in [0.2, 0.25) is 0 Å². The number of hydrogen-bond donors (Lipinski definition) is 2. The largest absolute Gasteiger partial charge is 0.369 e. The van der Waals surface area contributed by atoms with Gasteiger partial charge in [-0.1, -0.05) is 24.3 Å². The van der Waals surface area contributed by atoms with Crippen LogP contribution in [0.1, 0.15) is 21.5 Å². The highest BCUT2D eigenvalue weighted by atomic mass is 16.2.